The van der Waals surface area contributed by atoms with Gasteiger partial charge in [0.25, 0.3) is 0 Å². The number of ketones is 1. The third-order valence-corrected chi connectivity index (χ3v) is 7.02. The Hall–Kier alpha value is -1.62. The fraction of sp³-hybridized carbons (Fsp3) is 0.381. The zero-order valence-electron chi connectivity index (χ0n) is 14.7. The SMILES string of the molecule is C[NH+]1CC[NH+](C[C@@H]2C(=O)c3ccccc3S[C@@H]2c2ccccc2)CC1. The van der Waals surface area contributed by atoms with Gasteiger partial charge in [0.05, 0.1) is 19.5 Å². The smallest absolute Gasteiger partial charge is 0.174 e. The number of likely N-dealkylation sites (N-methyl/N-ethyl adjacent to an activating group) is 1. The predicted molar refractivity (Wildman–Crippen MR) is 101 cm³/mol. The fourth-order valence-corrected chi connectivity index (χ4v) is 5.42. The molecule has 0 amide bonds. The second-order valence-electron chi connectivity index (χ2n) is 7.33. The third kappa shape index (κ3) is 3.52. The van der Waals surface area contributed by atoms with Gasteiger partial charge < -0.3 is 9.80 Å². The summed E-state index contributed by atoms with van der Waals surface area (Å²) < 4.78 is 0. The summed E-state index contributed by atoms with van der Waals surface area (Å²) >= 11 is 1.87. The Balaban J connectivity index is 1.64. The molecule has 130 valence electrons. The number of rotatable bonds is 3. The summed E-state index contributed by atoms with van der Waals surface area (Å²) in [6.07, 6.45) is 0. The van der Waals surface area contributed by atoms with E-state index in [0.717, 1.165) is 17.0 Å². The van der Waals surface area contributed by atoms with Crippen molar-refractivity contribution in [3.63, 3.8) is 0 Å². The largest absolute Gasteiger partial charge is 0.328 e. The fourth-order valence-electron chi connectivity index (χ4n) is 4.02. The molecule has 3 nitrogen and oxygen atoms in total. The van der Waals surface area contributed by atoms with Crippen molar-refractivity contribution in [2.45, 2.75) is 10.1 Å². The maximum Gasteiger partial charge on any atom is 0.174 e. The lowest BCUT2D eigenvalue weighted by Crippen LogP contribution is -3.27. The number of quaternary nitrogens is 2. The Morgan fingerprint density at radius 2 is 1.64 bits per heavy atom. The molecule has 2 aliphatic rings. The number of benzene rings is 2. The van der Waals surface area contributed by atoms with Crippen LogP contribution in [0.3, 0.4) is 0 Å². The first-order valence-corrected chi connectivity index (χ1v) is 10.1. The molecule has 0 aromatic heterocycles. The molecule has 0 radical (unpaired) electrons. The van der Waals surface area contributed by atoms with Crippen LogP contribution in [0.25, 0.3) is 0 Å². The lowest BCUT2D eigenvalue weighted by atomic mass is 9.89. The highest BCUT2D eigenvalue weighted by molar-refractivity contribution is 7.99. The average Bonchev–Trinajstić information content (AvgIpc) is 2.66. The van der Waals surface area contributed by atoms with Crippen molar-refractivity contribution in [1.29, 1.82) is 0 Å². The quantitative estimate of drug-likeness (QED) is 0.851. The second kappa shape index (κ2) is 7.32. The van der Waals surface area contributed by atoms with Gasteiger partial charge in [-0.05, 0) is 11.6 Å². The average molecular weight is 355 g/mol. The minimum atomic E-state index is 0.0655. The van der Waals surface area contributed by atoms with Crippen molar-refractivity contribution in [2.24, 2.45) is 5.92 Å². The first-order valence-electron chi connectivity index (χ1n) is 9.22. The molecule has 4 rings (SSSR count). The van der Waals surface area contributed by atoms with Crippen LogP contribution in [-0.2, 0) is 0 Å². The van der Waals surface area contributed by atoms with Crippen molar-refractivity contribution >= 4 is 17.5 Å². The summed E-state index contributed by atoms with van der Waals surface area (Å²) in [4.78, 5) is 17.6. The van der Waals surface area contributed by atoms with Gasteiger partial charge in [-0.25, -0.2) is 0 Å². The molecule has 0 spiro atoms. The molecule has 25 heavy (non-hydrogen) atoms. The molecule has 2 aromatic carbocycles. The zero-order valence-corrected chi connectivity index (χ0v) is 15.5. The number of thioether (sulfide) groups is 1. The molecule has 2 N–H and O–H groups in total. The first kappa shape index (κ1) is 16.8. The highest BCUT2D eigenvalue weighted by atomic mass is 32.2. The van der Waals surface area contributed by atoms with Crippen molar-refractivity contribution in [2.75, 3.05) is 39.8 Å². The van der Waals surface area contributed by atoms with E-state index in [2.05, 4.69) is 43.4 Å². The summed E-state index contributed by atoms with van der Waals surface area (Å²) in [5, 5.41) is 0.225. The molecule has 0 aliphatic carbocycles. The van der Waals surface area contributed by atoms with E-state index in [4.69, 9.17) is 0 Å². The van der Waals surface area contributed by atoms with E-state index in [9.17, 15) is 4.79 Å². The zero-order chi connectivity index (χ0) is 17.2. The predicted octanol–water partition coefficient (Wildman–Crippen LogP) is 0.746. The first-order chi connectivity index (χ1) is 12.2. The summed E-state index contributed by atoms with van der Waals surface area (Å²) in [6, 6.07) is 18.7. The third-order valence-electron chi connectivity index (χ3n) is 5.56. The summed E-state index contributed by atoms with van der Waals surface area (Å²) in [6.45, 7) is 5.70. The van der Waals surface area contributed by atoms with Gasteiger partial charge >= 0.3 is 0 Å². The standard InChI is InChI=1S/C21H24N2OS/c1-22-11-13-23(14-12-22)15-18-20(24)17-9-5-6-10-19(17)25-21(18)16-7-3-2-4-8-16/h2-10,18,21H,11-15H2,1H3/p+2/t18-,21-/m1/s1. The summed E-state index contributed by atoms with van der Waals surface area (Å²) in [5.41, 5.74) is 2.20. The Bertz CT molecular complexity index is 741. The maximum atomic E-state index is 13.3. The molecule has 2 aliphatic heterocycles. The van der Waals surface area contributed by atoms with Gasteiger partial charge in [-0.15, -0.1) is 11.8 Å². The minimum absolute atomic E-state index is 0.0655. The Kier molecular flexibility index (Phi) is 4.93. The van der Waals surface area contributed by atoms with E-state index in [-0.39, 0.29) is 11.2 Å². The summed E-state index contributed by atoms with van der Waals surface area (Å²) in [5.74, 6) is 0.401. The second-order valence-corrected chi connectivity index (χ2v) is 8.51. The Morgan fingerprint density at radius 3 is 2.40 bits per heavy atom. The van der Waals surface area contributed by atoms with Crippen LogP contribution in [0, 0.1) is 5.92 Å². The van der Waals surface area contributed by atoms with E-state index in [0.29, 0.717) is 5.78 Å². The lowest BCUT2D eigenvalue weighted by Gasteiger charge is -2.35. The molecular weight excluding hydrogens is 328 g/mol. The molecule has 2 aromatic rings. The van der Waals surface area contributed by atoms with Crippen molar-refractivity contribution in [3.8, 4) is 0 Å². The number of piperazine rings is 1. The Labute approximate surface area is 154 Å². The number of carbonyl (C=O) groups is 1. The van der Waals surface area contributed by atoms with Crippen molar-refractivity contribution < 1.29 is 14.6 Å². The van der Waals surface area contributed by atoms with Gasteiger partial charge in [0, 0.05) is 15.7 Å². The topological polar surface area (TPSA) is 26.0 Å². The van der Waals surface area contributed by atoms with Gasteiger partial charge in [0.2, 0.25) is 0 Å². The highest BCUT2D eigenvalue weighted by Crippen LogP contribution is 2.47. The van der Waals surface area contributed by atoms with E-state index < -0.39 is 0 Å². The van der Waals surface area contributed by atoms with E-state index >= 15 is 0 Å². The van der Waals surface area contributed by atoms with Gasteiger partial charge in [0.1, 0.15) is 26.2 Å². The van der Waals surface area contributed by atoms with Crippen LogP contribution in [0.5, 0.6) is 0 Å². The molecule has 2 heterocycles. The van der Waals surface area contributed by atoms with E-state index in [1.807, 2.05) is 30.0 Å². The number of hydrogen-bond donors (Lipinski definition) is 2. The van der Waals surface area contributed by atoms with Crippen LogP contribution in [0.2, 0.25) is 0 Å². The number of Topliss-reactive ketones (excluding diaryl/α,β-unsaturated/α-hetero) is 1. The van der Waals surface area contributed by atoms with Gasteiger partial charge in [-0.2, -0.15) is 0 Å². The van der Waals surface area contributed by atoms with Crippen LogP contribution in [-0.4, -0.2) is 45.6 Å². The van der Waals surface area contributed by atoms with Crippen LogP contribution in [0.1, 0.15) is 21.2 Å². The lowest BCUT2D eigenvalue weighted by molar-refractivity contribution is -1.00. The number of hydrogen-bond acceptors (Lipinski definition) is 2. The Morgan fingerprint density at radius 1 is 0.960 bits per heavy atom. The molecule has 0 bridgehead atoms. The molecule has 0 saturated carbocycles. The number of nitrogens with one attached hydrogen (secondary N) is 2. The monoisotopic (exact) mass is 354 g/mol. The van der Waals surface area contributed by atoms with Crippen LogP contribution < -0.4 is 9.80 Å². The molecule has 0 unspecified atom stereocenters. The normalized spacial score (nSPS) is 29.2. The van der Waals surface area contributed by atoms with E-state index in [1.165, 1.54) is 31.7 Å². The van der Waals surface area contributed by atoms with E-state index in [1.54, 1.807) is 9.80 Å². The molecule has 1 fully saturated rings. The van der Waals surface area contributed by atoms with Crippen LogP contribution in [0.15, 0.2) is 59.5 Å². The molecule has 2 atom stereocenters. The van der Waals surface area contributed by atoms with Gasteiger partial charge in [-0.1, -0.05) is 48.5 Å². The van der Waals surface area contributed by atoms with Crippen LogP contribution in [0.4, 0.5) is 0 Å². The van der Waals surface area contributed by atoms with Crippen LogP contribution >= 0.6 is 11.8 Å². The van der Waals surface area contributed by atoms with Gasteiger partial charge in [-0.3, -0.25) is 4.79 Å². The van der Waals surface area contributed by atoms with Gasteiger partial charge in [0.15, 0.2) is 5.78 Å². The molecule has 4 heteroatoms. The maximum absolute atomic E-state index is 13.3. The minimum Gasteiger partial charge on any atom is -0.328 e. The van der Waals surface area contributed by atoms with Crippen molar-refractivity contribution in [1.82, 2.24) is 0 Å². The van der Waals surface area contributed by atoms with Crippen molar-refractivity contribution in [3.05, 3.63) is 65.7 Å². The molecular formula is C21H26N2OS+2. The number of carbonyl (C=O) groups excluding carboxylic acids is 1. The number of fused-ring (bicyclic) bond motifs is 1. The highest BCUT2D eigenvalue weighted by Gasteiger charge is 2.40. The molecule has 1 saturated heterocycles. The summed E-state index contributed by atoms with van der Waals surface area (Å²) in [7, 11) is 2.27.